The molecule has 0 aromatic heterocycles. The number of imide groups is 1. The molecular weight excluding hydrogens is 194 g/mol. The van der Waals surface area contributed by atoms with Gasteiger partial charge in [0.2, 0.25) is 0 Å². The molecule has 0 fully saturated rings. The van der Waals surface area contributed by atoms with Gasteiger partial charge in [-0.25, -0.2) is 0 Å². The van der Waals surface area contributed by atoms with Crippen LogP contribution in [-0.2, 0) is 9.59 Å². The number of carbonyl (C=O) groups is 2. The van der Waals surface area contributed by atoms with Gasteiger partial charge >= 0.3 is 0 Å². The fraction of sp³-hybridized carbons (Fsp3) is 0. The maximum atomic E-state index is 10.0. The summed E-state index contributed by atoms with van der Waals surface area (Å²) < 4.78 is 0. The molecule has 0 atom stereocenters. The maximum Gasteiger partial charge on any atom is 0.250 e. The van der Waals surface area contributed by atoms with Gasteiger partial charge in [0.05, 0.1) is 11.4 Å². The summed E-state index contributed by atoms with van der Waals surface area (Å²) in [4.78, 5) is 20.1. The number of amides is 2. The molecule has 5 N–H and O–H groups in total. The number of anilines is 2. The number of rotatable bonds is 0. The molecule has 1 aliphatic heterocycles. The molecule has 1 aliphatic rings. The molecule has 1 heterocycles. The van der Waals surface area contributed by atoms with Crippen molar-refractivity contribution in [2.24, 2.45) is 0 Å². The molecule has 15 heavy (non-hydrogen) atoms. The summed E-state index contributed by atoms with van der Waals surface area (Å²) in [7, 11) is 0. The Balaban J connectivity index is 0.000000151. The van der Waals surface area contributed by atoms with Crippen LogP contribution in [0.1, 0.15) is 0 Å². The lowest BCUT2D eigenvalue weighted by Crippen LogP contribution is -2.19. The van der Waals surface area contributed by atoms with Crippen LogP contribution in [0.25, 0.3) is 0 Å². The van der Waals surface area contributed by atoms with Gasteiger partial charge in [0.25, 0.3) is 11.8 Å². The second-order valence-corrected chi connectivity index (χ2v) is 2.82. The molecule has 2 amide bonds. The van der Waals surface area contributed by atoms with Crippen LogP contribution < -0.4 is 16.8 Å². The Bertz CT molecular complexity index is 376. The average Bonchev–Trinajstić information content (AvgIpc) is 2.56. The van der Waals surface area contributed by atoms with Gasteiger partial charge in [-0.2, -0.15) is 0 Å². The minimum atomic E-state index is -0.329. The zero-order valence-corrected chi connectivity index (χ0v) is 7.94. The van der Waals surface area contributed by atoms with Gasteiger partial charge in [0.15, 0.2) is 0 Å². The quantitative estimate of drug-likeness (QED) is 0.411. The average molecular weight is 205 g/mol. The van der Waals surface area contributed by atoms with Crippen molar-refractivity contribution in [3.63, 3.8) is 0 Å². The van der Waals surface area contributed by atoms with Crippen molar-refractivity contribution in [2.75, 3.05) is 11.5 Å². The highest BCUT2D eigenvalue weighted by Gasteiger charge is 2.06. The summed E-state index contributed by atoms with van der Waals surface area (Å²) >= 11 is 0. The van der Waals surface area contributed by atoms with Crippen molar-refractivity contribution >= 4 is 23.2 Å². The Morgan fingerprint density at radius 1 is 0.867 bits per heavy atom. The second-order valence-electron chi connectivity index (χ2n) is 2.82. The summed E-state index contributed by atoms with van der Waals surface area (Å²) in [5.74, 6) is -0.657. The third-order valence-corrected chi connectivity index (χ3v) is 1.63. The number of benzene rings is 1. The predicted molar refractivity (Wildman–Crippen MR) is 57.6 cm³/mol. The highest BCUT2D eigenvalue weighted by Crippen LogP contribution is 2.10. The largest absolute Gasteiger partial charge is 0.397 e. The van der Waals surface area contributed by atoms with Crippen LogP contribution >= 0.6 is 0 Å². The van der Waals surface area contributed by atoms with E-state index in [9.17, 15) is 9.59 Å². The molecule has 0 saturated carbocycles. The Labute approximate surface area is 86.8 Å². The van der Waals surface area contributed by atoms with Crippen molar-refractivity contribution in [1.29, 1.82) is 0 Å². The van der Waals surface area contributed by atoms with Gasteiger partial charge < -0.3 is 11.5 Å². The van der Waals surface area contributed by atoms with E-state index in [4.69, 9.17) is 11.5 Å². The SMILES string of the molecule is Nc1ccccc1N.O=C1C=CC(=O)N1. The third-order valence-electron chi connectivity index (χ3n) is 1.63. The zero-order valence-electron chi connectivity index (χ0n) is 7.94. The van der Waals surface area contributed by atoms with Gasteiger partial charge in [-0.05, 0) is 12.1 Å². The van der Waals surface area contributed by atoms with Crippen LogP contribution in [0.15, 0.2) is 36.4 Å². The fourth-order valence-corrected chi connectivity index (χ4v) is 0.867. The number of hydrogen-bond donors (Lipinski definition) is 3. The van der Waals surface area contributed by atoms with Crippen molar-refractivity contribution in [1.82, 2.24) is 5.32 Å². The molecule has 1 aromatic rings. The molecule has 0 spiro atoms. The summed E-state index contributed by atoms with van der Waals surface area (Å²) in [6.45, 7) is 0. The summed E-state index contributed by atoms with van der Waals surface area (Å²) in [6, 6.07) is 7.25. The molecule has 0 radical (unpaired) electrons. The van der Waals surface area contributed by atoms with Crippen LogP contribution in [0.3, 0.4) is 0 Å². The number of carbonyl (C=O) groups excluding carboxylic acids is 2. The molecule has 0 unspecified atom stereocenters. The van der Waals surface area contributed by atoms with Crippen LogP contribution in [0.4, 0.5) is 11.4 Å². The summed E-state index contributed by atoms with van der Waals surface area (Å²) in [5.41, 5.74) is 12.1. The van der Waals surface area contributed by atoms with E-state index in [1.165, 1.54) is 12.2 Å². The lowest BCUT2D eigenvalue weighted by molar-refractivity contribution is -0.123. The van der Waals surface area contributed by atoms with Gasteiger partial charge in [-0.1, -0.05) is 12.1 Å². The minimum absolute atomic E-state index is 0.329. The maximum absolute atomic E-state index is 10.0. The number of hydrogen-bond acceptors (Lipinski definition) is 4. The first-order chi connectivity index (χ1) is 7.09. The highest BCUT2D eigenvalue weighted by atomic mass is 16.2. The van der Waals surface area contributed by atoms with E-state index in [0.717, 1.165) is 0 Å². The fourth-order valence-electron chi connectivity index (χ4n) is 0.867. The number of para-hydroxylation sites is 2. The van der Waals surface area contributed by atoms with E-state index in [-0.39, 0.29) is 11.8 Å². The van der Waals surface area contributed by atoms with Crippen LogP contribution in [0.5, 0.6) is 0 Å². The van der Waals surface area contributed by atoms with Crippen LogP contribution in [0.2, 0.25) is 0 Å². The van der Waals surface area contributed by atoms with Crippen molar-refractivity contribution in [3.8, 4) is 0 Å². The first-order valence-electron chi connectivity index (χ1n) is 4.22. The van der Waals surface area contributed by atoms with Crippen molar-refractivity contribution < 1.29 is 9.59 Å². The van der Waals surface area contributed by atoms with E-state index in [2.05, 4.69) is 0 Å². The molecule has 0 aliphatic carbocycles. The number of nitrogens with one attached hydrogen (secondary N) is 1. The minimum Gasteiger partial charge on any atom is -0.397 e. The standard InChI is InChI=1S/C6H8N2.C4H3NO2/c7-5-3-1-2-4-6(5)8;6-3-1-2-4(7)5-3/h1-4H,7-8H2;1-2H,(H,5,6,7). The van der Waals surface area contributed by atoms with Gasteiger partial charge in [0, 0.05) is 12.2 Å². The molecular formula is C10H11N3O2. The lowest BCUT2D eigenvalue weighted by Gasteiger charge is -1.94. The van der Waals surface area contributed by atoms with E-state index in [1.54, 1.807) is 12.1 Å². The molecule has 78 valence electrons. The van der Waals surface area contributed by atoms with E-state index in [0.29, 0.717) is 11.4 Å². The van der Waals surface area contributed by atoms with E-state index in [1.807, 2.05) is 17.4 Å². The topological polar surface area (TPSA) is 98.2 Å². The molecule has 2 rings (SSSR count). The molecule has 5 nitrogen and oxygen atoms in total. The van der Waals surface area contributed by atoms with Crippen molar-refractivity contribution in [3.05, 3.63) is 36.4 Å². The highest BCUT2D eigenvalue weighted by molar-refractivity contribution is 6.12. The van der Waals surface area contributed by atoms with Crippen LogP contribution in [0, 0.1) is 0 Å². The third kappa shape index (κ3) is 3.51. The smallest absolute Gasteiger partial charge is 0.250 e. The Morgan fingerprint density at radius 2 is 1.27 bits per heavy atom. The predicted octanol–water partition coefficient (Wildman–Crippen LogP) is 0.0500. The number of nitrogen functional groups attached to an aromatic ring is 2. The molecule has 1 aromatic carbocycles. The van der Waals surface area contributed by atoms with E-state index >= 15 is 0 Å². The lowest BCUT2D eigenvalue weighted by atomic mass is 10.3. The van der Waals surface area contributed by atoms with E-state index < -0.39 is 0 Å². The molecule has 0 bridgehead atoms. The Hall–Kier alpha value is -2.30. The van der Waals surface area contributed by atoms with Gasteiger partial charge in [0.1, 0.15) is 0 Å². The second kappa shape index (κ2) is 4.80. The van der Waals surface area contributed by atoms with Crippen molar-refractivity contribution in [2.45, 2.75) is 0 Å². The first-order valence-corrected chi connectivity index (χ1v) is 4.22. The number of nitrogens with two attached hydrogens (primary N) is 2. The monoisotopic (exact) mass is 205 g/mol. The first kappa shape index (κ1) is 10.8. The normalized spacial score (nSPS) is 13.1. The summed E-state index contributed by atoms with van der Waals surface area (Å²) in [5, 5.41) is 2.03. The van der Waals surface area contributed by atoms with Crippen LogP contribution in [-0.4, -0.2) is 11.8 Å². The zero-order chi connectivity index (χ0) is 11.3. The van der Waals surface area contributed by atoms with Gasteiger partial charge in [-0.3, -0.25) is 14.9 Å². The molecule has 5 heteroatoms. The molecule has 0 saturated heterocycles. The Kier molecular flexibility index (Phi) is 3.45. The Morgan fingerprint density at radius 3 is 1.47 bits per heavy atom. The summed E-state index contributed by atoms with van der Waals surface area (Å²) in [6.07, 6.45) is 2.39. The van der Waals surface area contributed by atoms with Gasteiger partial charge in [-0.15, -0.1) is 0 Å².